The van der Waals surface area contributed by atoms with Gasteiger partial charge in [0.1, 0.15) is 0 Å². The van der Waals surface area contributed by atoms with Crippen LogP contribution in [0.4, 0.5) is 5.69 Å². The van der Waals surface area contributed by atoms with Crippen molar-refractivity contribution < 1.29 is 9.84 Å². The number of benzene rings is 1. The predicted octanol–water partition coefficient (Wildman–Crippen LogP) is 2.33. The predicted molar refractivity (Wildman–Crippen MR) is 77.9 cm³/mol. The lowest BCUT2D eigenvalue weighted by Gasteiger charge is -2.23. The fourth-order valence-electron chi connectivity index (χ4n) is 2.10. The third kappa shape index (κ3) is 3.35. The van der Waals surface area contributed by atoms with E-state index in [1.54, 1.807) is 13.3 Å². The minimum Gasteiger partial charge on any atom is -0.389 e. The Labute approximate surface area is 117 Å². The van der Waals surface area contributed by atoms with Gasteiger partial charge in [-0.1, -0.05) is 11.6 Å². The highest BCUT2D eigenvalue weighted by atomic mass is 35.5. The molecule has 0 unspecified atom stereocenters. The van der Waals surface area contributed by atoms with Crippen LogP contribution in [-0.4, -0.2) is 43.5 Å². The summed E-state index contributed by atoms with van der Waals surface area (Å²) in [7, 11) is 3.50. The van der Waals surface area contributed by atoms with Gasteiger partial charge in [0.15, 0.2) is 0 Å². The summed E-state index contributed by atoms with van der Waals surface area (Å²) in [6, 6.07) is 7.51. The topological polar surface area (TPSA) is 45.6 Å². The van der Waals surface area contributed by atoms with Gasteiger partial charge in [0.2, 0.25) is 0 Å². The Morgan fingerprint density at radius 3 is 2.95 bits per heavy atom. The van der Waals surface area contributed by atoms with Crippen molar-refractivity contribution in [1.82, 2.24) is 4.98 Å². The third-order valence-electron chi connectivity index (χ3n) is 2.94. The van der Waals surface area contributed by atoms with Crippen LogP contribution in [0.5, 0.6) is 0 Å². The Morgan fingerprint density at radius 2 is 2.21 bits per heavy atom. The summed E-state index contributed by atoms with van der Waals surface area (Å²) in [4.78, 5) is 6.28. The van der Waals surface area contributed by atoms with Crippen LogP contribution in [0.2, 0.25) is 5.02 Å². The molecule has 0 spiro atoms. The highest BCUT2D eigenvalue weighted by Gasteiger charge is 2.11. The number of fused-ring (bicyclic) bond motifs is 1. The number of aromatic nitrogens is 1. The highest BCUT2D eigenvalue weighted by molar-refractivity contribution is 6.31. The van der Waals surface area contributed by atoms with Crippen LogP contribution >= 0.6 is 11.6 Å². The maximum absolute atomic E-state index is 9.80. The monoisotopic (exact) mass is 280 g/mol. The van der Waals surface area contributed by atoms with E-state index < -0.39 is 6.10 Å². The Morgan fingerprint density at radius 1 is 1.42 bits per heavy atom. The number of methoxy groups -OCH3 is 1. The summed E-state index contributed by atoms with van der Waals surface area (Å²) in [5.74, 6) is 0. The number of aliphatic hydroxyl groups excluding tert-OH is 1. The first kappa shape index (κ1) is 14.1. The molecule has 0 radical (unpaired) electrons. The number of aliphatic hydroxyl groups is 1. The zero-order valence-corrected chi connectivity index (χ0v) is 11.8. The number of hydrogen-bond acceptors (Lipinski definition) is 4. The summed E-state index contributed by atoms with van der Waals surface area (Å²) in [5, 5.41) is 11.4. The molecule has 0 saturated carbocycles. The highest BCUT2D eigenvalue weighted by Crippen LogP contribution is 2.27. The average Bonchev–Trinajstić information content (AvgIpc) is 2.38. The molecule has 19 heavy (non-hydrogen) atoms. The Bertz CT molecular complexity index is 562. The Hall–Kier alpha value is -1.36. The molecule has 0 amide bonds. The molecule has 5 heteroatoms. The number of hydrogen-bond donors (Lipinski definition) is 1. The zero-order valence-electron chi connectivity index (χ0n) is 11.0. The van der Waals surface area contributed by atoms with Gasteiger partial charge in [-0.25, -0.2) is 0 Å². The SMILES string of the molecule is COC[C@H](O)CN(C)c1ccnc2ccc(Cl)cc12. The lowest BCUT2D eigenvalue weighted by Crippen LogP contribution is -2.32. The van der Waals surface area contributed by atoms with E-state index in [2.05, 4.69) is 4.98 Å². The van der Waals surface area contributed by atoms with Gasteiger partial charge in [-0.15, -0.1) is 0 Å². The van der Waals surface area contributed by atoms with Crippen molar-refractivity contribution in [3.63, 3.8) is 0 Å². The van der Waals surface area contributed by atoms with E-state index in [9.17, 15) is 5.11 Å². The molecule has 102 valence electrons. The summed E-state index contributed by atoms with van der Waals surface area (Å²) in [5.41, 5.74) is 1.87. The summed E-state index contributed by atoms with van der Waals surface area (Å²) in [6.45, 7) is 0.799. The molecule has 1 aromatic carbocycles. The number of ether oxygens (including phenoxy) is 1. The van der Waals surface area contributed by atoms with Crippen LogP contribution in [0.1, 0.15) is 0 Å². The molecule has 0 aliphatic carbocycles. The minimum absolute atomic E-state index is 0.314. The first-order valence-electron chi connectivity index (χ1n) is 6.04. The summed E-state index contributed by atoms with van der Waals surface area (Å²) < 4.78 is 4.94. The van der Waals surface area contributed by atoms with Gasteiger partial charge in [0.25, 0.3) is 0 Å². The largest absolute Gasteiger partial charge is 0.389 e. The molecular weight excluding hydrogens is 264 g/mol. The molecule has 1 aromatic heterocycles. The molecule has 0 bridgehead atoms. The number of halogens is 1. The van der Waals surface area contributed by atoms with Crippen molar-refractivity contribution in [2.24, 2.45) is 0 Å². The van der Waals surface area contributed by atoms with E-state index in [4.69, 9.17) is 16.3 Å². The average molecular weight is 281 g/mol. The van der Waals surface area contributed by atoms with Crippen LogP contribution < -0.4 is 4.90 Å². The van der Waals surface area contributed by atoms with Gasteiger partial charge < -0.3 is 14.7 Å². The second-order valence-corrected chi connectivity index (χ2v) is 4.92. The van der Waals surface area contributed by atoms with Crippen molar-refractivity contribution >= 4 is 28.2 Å². The number of rotatable bonds is 5. The lowest BCUT2D eigenvalue weighted by molar-refractivity contribution is 0.0695. The summed E-state index contributed by atoms with van der Waals surface area (Å²) >= 11 is 6.04. The molecule has 0 saturated heterocycles. The third-order valence-corrected chi connectivity index (χ3v) is 3.17. The minimum atomic E-state index is -0.530. The molecule has 0 aliphatic rings. The summed E-state index contributed by atoms with van der Waals surface area (Å²) in [6.07, 6.45) is 1.22. The van der Waals surface area contributed by atoms with E-state index in [0.717, 1.165) is 16.6 Å². The molecule has 1 N–H and O–H groups in total. The maximum atomic E-state index is 9.80. The van der Waals surface area contributed by atoms with Crippen molar-refractivity contribution in [2.45, 2.75) is 6.10 Å². The molecule has 2 rings (SSSR count). The maximum Gasteiger partial charge on any atom is 0.0947 e. The molecule has 2 aromatic rings. The molecule has 0 aliphatic heterocycles. The fraction of sp³-hybridized carbons (Fsp3) is 0.357. The van der Waals surface area contributed by atoms with Gasteiger partial charge in [0, 0.05) is 43.0 Å². The van der Waals surface area contributed by atoms with Gasteiger partial charge in [-0.2, -0.15) is 0 Å². The molecular formula is C14H17ClN2O2. The van der Waals surface area contributed by atoms with Gasteiger partial charge >= 0.3 is 0 Å². The van der Waals surface area contributed by atoms with E-state index >= 15 is 0 Å². The zero-order chi connectivity index (χ0) is 13.8. The van der Waals surface area contributed by atoms with Crippen molar-refractivity contribution in [2.75, 3.05) is 32.2 Å². The van der Waals surface area contributed by atoms with Gasteiger partial charge in [0.05, 0.1) is 18.2 Å². The van der Waals surface area contributed by atoms with Crippen LogP contribution in [0.3, 0.4) is 0 Å². The first-order valence-corrected chi connectivity index (χ1v) is 6.42. The standard InChI is InChI=1S/C14H17ClN2O2/c1-17(8-11(18)9-19-2)14-5-6-16-13-4-3-10(15)7-12(13)14/h3-7,11,18H,8-9H2,1-2H3/t11-/m1/s1. The van der Waals surface area contributed by atoms with Crippen molar-refractivity contribution in [3.8, 4) is 0 Å². The van der Waals surface area contributed by atoms with E-state index in [1.807, 2.05) is 36.2 Å². The van der Waals surface area contributed by atoms with Crippen LogP contribution in [-0.2, 0) is 4.74 Å². The Balaban J connectivity index is 2.31. The lowest BCUT2D eigenvalue weighted by atomic mass is 10.1. The number of likely N-dealkylation sites (N-methyl/N-ethyl adjacent to an activating group) is 1. The normalized spacial score (nSPS) is 12.6. The first-order chi connectivity index (χ1) is 9.11. The van der Waals surface area contributed by atoms with Gasteiger partial charge in [-0.3, -0.25) is 4.98 Å². The molecule has 1 heterocycles. The smallest absolute Gasteiger partial charge is 0.0947 e. The van der Waals surface area contributed by atoms with Crippen LogP contribution in [0.25, 0.3) is 10.9 Å². The molecule has 1 atom stereocenters. The van der Waals surface area contributed by atoms with Crippen LogP contribution in [0, 0.1) is 0 Å². The molecule has 4 nitrogen and oxygen atoms in total. The quantitative estimate of drug-likeness (QED) is 0.913. The van der Waals surface area contributed by atoms with Gasteiger partial charge in [-0.05, 0) is 24.3 Å². The number of nitrogens with zero attached hydrogens (tertiary/aromatic N) is 2. The van der Waals surface area contributed by atoms with Crippen molar-refractivity contribution in [3.05, 3.63) is 35.5 Å². The van der Waals surface area contributed by atoms with Crippen LogP contribution in [0.15, 0.2) is 30.5 Å². The second-order valence-electron chi connectivity index (χ2n) is 4.48. The van der Waals surface area contributed by atoms with Crippen molar-refractivity contribution in [1.29, 1.82) is 0 Å². The number of anilines is 1. The van der Waals surface area contributed by atoms with E-state index in [-0.39, 0.29) is 0 Å². The Kier molecular flexibility index (Phi) is 4.58. The fourth-order valence-corrected chi connectivity index (χ4v) is 2.27. The van der Waals surface area contributed by atoms with E-state index in [1.165, 1.54) is 0 Å². The second kappa shape index (κ2) is 6.19. The number of pyridine rings is 1. The van der Waals surface area contributed by atoms with E-state index in [0.29, 0.717) is 18.2 Å². The molecule has 0 fully saturated rings.